The number of carbonyl (C=O) groups is 2. The lowest BCUT2D eigenvalue weighted by Gasteiger charge is -2.16. The van der Waals surface area contributed by atoms with Crippen molar-refractivity contribution in [1.82, 2.24) is 0 Å². The van der Waals surface area contributed by atoms with E-state index in [0.717, 1.165) is 5.56 Å². The number of aryl methyl sites for hydroxylation is 1. The molecule has 24 heavy (non-hydrogen) atoms. The Morgan fingerprint density at radius 2 is 1.83 bits per heavy atom. The van der Waals surface area contributed by atoms with Crippen LogP contribution in [0, 0.1) is 6.92 Å². The molecule has 0 saturated carbocycles. The van der Waals surface area contributed by atoms with Crippen molar-refractivity contribution < 1.29 is 9.59 Å². The van der Waals surface area contributed by atoms with Gasteiger partial charge < -0.3 is 5.32 Å². The molecule has 1 fully saturated rings. The Morgan fingerprint density at radius 3 is 2.50 bits per heavy atom. The molecule has 0 unspecified atom stereocenters. The van der Waals surface area contributed by atoms with Crippen molar-refractivity contribution in [2.45, 2.75) is 6.92 Å². The zero-order valence-corrected chi connectivity index (χ0v) is 14.4. The minimum atomic E-state index is -0.536. The van der Waals surface area contributed by atoms with E-state index in [2.05, 4.69) is 10.3 Å². The van der Waals surface area contributed by atoms with Crippen molar-refractivity contribution in [3.05, 3.63) is 59.1 Å². The highest BCUT2D eigenvalue weighted by Crippen LogP contribution is 2.27. The number of nitrogens with one attached hydrogen (secondary N) is 1. The van der Waals surface area contributed by atoms with Gasteiger partial charge in [-0.2, -0.15) is 4.99 Å². The summed E-state index contributed by atoms with van der Waals surface area (Å²) in [6.45, 7) is 1.97. The van der Waals surface area contributed by atoms with Gasteiger partial charge in [0.2, 0.25) is 5.91 Å². The van der Waals surface area contributed by atoms with Gasteiger partial charge >= 0.3 is 6.03 Å². The van der Waals surface area contributed by atoms with Crippen molar-refractivity contribution in [3.8, 4) is 0 Å². The fourth-order valence-corrected chi connectivity index (χ4v) is 3.16. The number of urea groups is 1. The molecule has 0 aromatic heterocycles. The van der Waals surface area contributed by atoms with Crippen molar-refractivity contribution in [1.29, 1.82) is 0 Å². The van der Waals surface area contributed by atoms with Crippen LogP contribution in [0.25, 0.3) is 0 Å². The summed E-state index contributed by atoms with van der Waals surface area (Å²) >= 11 is 7.06. The summed E-state index contributed by atoms with van der Waals surface area (Å²) in [6, 6.07) is 13.7. The molecule has 1 aliphatic rings. The molecule has 0 bridgehead atoms. The number of halogens is 1. The quantitative estimate of drug-likeness (QED) is 0.868. The van der Waals surface area contributed by atoms with Gasteiger partial charge in [-0.25, -0.2) is 4.79 Å². The lowest BCUT2D eigenvalue weighted by Crippen LogP contribution is -2.30. The Labute approximate surface area is 148 Å². The molecular formula is C17H14ClN3O2S. The van der Waals surface area contributed by atoms with Gasteiger partial charge in [0.15, 0.2) is 5.17 Å². The molecule has 1 heterocycles. The number of thioether (sulfide) groups is 1. The Kier molecular flexibility index (Phi) is 4.87. The Hall–Kier alpha value is -2.31. The lowest BCUT2D eigenvalue weighted by atomic mass is 10.2. The monoisotopic (exact) mass is 359 g/mol. The summed E-state index contributed by atoms with van der Waals surface area (Å²) < 4.78 is 0. The van der Waals surface area contributed by atoms with Crippen LogP contribution in [0.1, 0.15) is 5.56 Å². The van der Waals surface area contributed by atoms with Crippen LogP contribution in [0.15, 0.2) is 53.5 Å². The maximum Gasteiger partial charge on any atom is 0.347 e. The van der Waals surface area contributed by atoms with E-state index in [1.807, 2.05) is 31.2 Å². The first kappa shape index (κ1) is 16.5. The molecule has 1 aliphatic heterocycles. The van der Waals surface area contributed by atoms with Gasteiger partial charge in [-0.05, 0) is 43.3 Å². The molecule has 0 radical (unpaired) electrons. The summed E-state index contributed by atoms with van der Waals surface area (Å²) in [6.07, 6.45) is 0. The van der Waals surface area contributed by atoms with Crippen molar-refractivity contribution in [3.63, 3.8) is 0 Å². The van der Waals surface area contributed by atoms with E-state index in [1.165, 1.54) is 16.7 Å². The molecule has 2 aromatic carbocycles. The van der Waals surface area contributed by atoms with Crippen LogP contribution in [0.5, 0.6) is 0 Å². The van der Waals surface area contributed by atoms with Crippen LogP contribution >= 0.6 is 23.4 Å². The number of benzene rings is 2. The van der Waals surface area contributed by atoms with Crippen LogP contribution in [-0.4, -0.2) is 22.9 Å². The van der Waals surface area contributed by atoms with Crippen molar-refractivity contribution >= 4 is 51.8 Å². The predicted octanol–water partition coefficient (Wildman–Crippen LogP) is 4.32. The van der Waals surface area contributed by atoms with Crippen molar-refractivity contribution in [2.24, 2.45) is 4.99 Å². The van der Waals surface area contributed by atoms with Crippen LogP contribution in [0.2, 0.25) is 5.02 Å². The smallest absolute Gasteiger partial charge is 0.306 e. The largest absolute Gasteiger partial charge is 0.347 e. The van der Waals surface area contributed by atoms with Gasteiger partial charge in [0.1, 0.15) is 0 Å². The van der Waals surface area contributed by atoms with Crippen LogP contribution in [-0.2, 0) is 4.79 Å². The van der Waals surface area contributed by atoms with E-state index in [9.17, 15) is 9.59 Å². The summed E-state index contributed by atoms with van der Waals surface area (Å²) in [5, 5.41) is 3.61. The summed E-state index contributed by atoms with van der Waals surface area (Å²) in [4.78, 5) is 29.7. The number of aliphatic imine (C=N–C) groups is 1. The van der Waals surface area contributed by atoms with Crippen LogP contribution in [0.4, 0.5) is 16.2 Å². The second-order valence-corrected chi connectivity index (χ2v) is 6.56. The lowest BCUT2D eigenvalue weighted by molar-refractivity contribution is -0.115. The van der Waals surface area contributed by atoms with Gasteiger partial charge in [0, 0.05) is 10.7 Å². The average Bonchev–Trinajstić information content (AvgIpc) is 2.91. The normalized spacial score (nSPS) is 15.8. The first-order chi connectivity index (χ1) is 11.5. The summed E-state index contributed by atoms with van der Waals surface area (Å²) in [5.41, 5.74) is 2.38. The maximum absolute atomic E-state index is 12.1. The Bertz CT molecular complexity index is 804. The number of rotatable bonds is 2. The molecule has 2 aromatic rings. The highest BCUT2D eigenvalue weighted by Gasteiger charge is 2.30. The Morgan fingerprint density at radius 1 is 1.17 bits per heavy atom. The molecule has 0 aliphatic carbocycles. The van der Waals surface area contributed by atoms with Gasteiger partial charge in [0.25, 0.3) is 0 Å². The predicted molar refractivity (Wildman–Crippen MR) is 99.0 cm³/mol. The number of amidine groups is 1. The first-order valence-corrected chi connectivity index (χ1v) is 8.57. The van der Waals surface area contributed by atoms with Gasteiger partial charge in [0.05, 0.1) is 11.4 Å². The van der Waals surface area contributed by atoms with Crippen LogP contribution in [0.3, 0.4) is 0 Å². The van der Waals surface area contributed by atoms with Crippen molar-refractivity contribution in [2.75, 3.05) is 16.0 Å². The topological polar surface area (TPSA) is 61.8 Å². The minimum absolute atomic E-state index is 0.0955. The first-order valence-electron chi connectivity index (χ1n) is 7.20. The highest BCUT2D eigenvalue weighted by atomic mass is 35.5. The molecule has 5 nitrogen and oxygen atoms in total. The molecule has 1 N–H and O–H groups in total. The van der Waals surface area contributed by atoms with E-state index in [1.54, 1.807) is 24.3 Å². The second-order valence-electron chi connectivity index (χ2n) is 5.18. The third-order valence-corrected chi connectivity index (χ3v) is 4.53. The SMILES string of the molecule is Cc1ccc(N2C(=O)CS/C2=N/C(=O)Nc2ccc(Cl)cc2)cc1. The molecule has 0 atom stereocenters. The number of amides is 3. The zero-order valence-electron chi connectivity index (χ0n) is 12.8. The number of carbonyl (C=O) groups excluding carboxylic acids is 2. The summed E-state index contributed by atoms with van der Waals surface area (Å²) in [7, 11) is 0. The number of nitrogens with zero attached hydrogens (tertiary/aromatic N) is 2. The molecule has 3 amide bonds. The van der Waals surface area contributed by atoms with E-state index >= 15 is 0 Å². The van der Waals surface area contributed by atoms with Gasteiger partial charge in [-0.1, -0.05) is 41.1 Å². The zero-order chi connectivity index (χ0) is 17.1. The standard InChI is InChI=1S/C17H14ClN3O2S/c1-11-2-8-14(9-3-11)21-15(22)10-24-17(21)20-16(23)19-13-6-4-12(18)5-7-13/h2-9H,10H2,1H3,(H,19,23)/b20-17+. The molecular weight excluding hydrogens is 346 g/mol. The average molecular weight is 360 g/mol. The van der Waals surface area contributed by atoms with Gasteiger partial charge in [-0.3, -0.25) is 9.69 Å². The van der Waals surface area contributed by atoms with E-state index in [0.29, 0.717) is 21.6 Å². The molecule has 7 heteroatoms. The third kappa shape index (κ3) is 3.77. The molecule has 3 rings (SSSR count). The van der Waals surface area contributed by atoms with E-state index < -0.39 is 6.03 Å². The van der Waals surface area contributed by atoms with Crippen LogP contribution < -0.4 is 10.2 Å². The van der Waals surface area contributed by atoms with E-state index in [4.69, 9.17) is 11.6 Å². The Balaban J connectivity index is 1.79. The van der Waals surface area contributed by atoms with E-state index in [-0.39, 0.29) is 11.7 Å². The number of anilines is 2. The second kappa shape index (κ2) is 7.07. The summed E-state index contributed by atoms with van der Waals surface area (Å²) in [5.74, 6) is 0.169. The fraction of sp³-hybridized carbons (Fsp3) is 0.118. The highest BCUT2D eigenvalue weighted by molar-refractivity contribution is 8.15. The maximum atomic E-state index is 12.1. The minimum Gasteiger partial charge on any atom is -0.306 e. The molecule has 0 spiro atoms. The fourth-order valence-electron chi connectivity index (χ4n) is 2.16. The molecule has 122 valence electrons. The number of hydrogen-bond acceptors (Lipinski definition) is 3. The number of hydrogen-bond donors (Lipinski definition) is 1. The molecule has 1 saturated heterocycles. The third-order valence-electron chi connectivity index (χ3n) is 3.35. The van der Waals surface area contributed by atoms with Gasteiger partial charge in [-0.15, -0.1) is 0 Å².